The Bertz CT molecular complexity index is 1230. The van der Waals surface area contributed by atoms with Crippen molar-refractivity contribution in [3.05, 3.63) is 83.9 Å². The third-order valence-corrected chi connectivity index (χ3v) is 5.36. The summed E-state index contributed by atoms with van der Waals surface area (Å²) >= 11 is 0. The lowest BCUT2D eigenvalue weighted by Gasteiger charge is -2.16. The van der Waals surface area contributed by atoms with Gasteiger partial charge in [0.15, 0.2) is 11.5 Å². The number of carbonyl (C=O) groups is 1. The number of nitrogens with zero attached hydrogens (tertiary/aromatic N) is 2. The molecule has 1 atom stereocenters. The van der Waals surface area contributed by atoms with Crippen LogP contribution in [0.5, 0.6) is 17.2 Å². The second-order valence-electron chi connectivity index (χ2n) is 7.60. The molecular weight excluding hydrogens is 451 g/mol. The van der Waals surface area contributed by atoms with Gasteiger partial charge in [0, 0.05) is 11.6 Å². The SMILES string of the molecule is O=C(Nc1ccc(OC(F)(F)F)cc1)N1CC(c2ccc3c(c2)OCO3)C(c2ccccc2)=N1. The molecule has 2 aliphatic rings. The maximum absolute atomic E-state index is 12.9. The molecule has 0 bridgehead atoms. The van der Waals surface area contributed by atoms with Gasteiger partial charge in [-0.3, -0.25) is 0 Å². The van der Waals surface area contributed by atoms with Gasteiger partial charge in [-0.1, -0.05) is 36.4 Å². The van der Waals surface area contributed by atoms with Crippen LogP contribution in [0, 0.1) is 0 Å². The number of rotatable bonds is 4. The molecule has 0 radical (unpaired) electrons. The van der Waals surface area contributed by atoms with Crippen LogP contribution in [0.15, 0.2) is 77.9 Å². The van der Waals surface area contributed by atoms with E-state index in [0.29, 0.717) is 22.9 Å². The van der Waals surface area contributed by atoms with Crippen molar-refractivity contribution in [1.82, 2.24) is 5.01 Å². The number of hydrazone groups is 1. The van der Waals surface area contributed by atoms with Gasteiger partial charge < -0.3 is 19.5 Å². The van der Waals surface area contributed by atoms with E-state index in [0.717, 1.165) is 23.3 Å². The Kier molecular flexibility index (Phi) is 5.48. The highest BCUT2D eigenvalue weighted by Gasteiger charge is 2.34. The quantitative estimate of drug-likeness (QED) is 0.559. The second kappa shape index (κ2) is 8.62. The van der Waals surface area contributed by atoms with E-state index < -0.39 is 12.4 Å². The average Bonchev–Trinajstić information content (AvgIpc) is 3.47. The van der Waals surface area contributed by atoms with E-state index in [9.17, 15) is 18.0 Å². The minimum Gasteiger partial charge on any atom is -0.454 e. The second-order valence-corrected chi connectivity index (χ2v) is 7.60. The minimum atomic E-state index is -4.79. The molecule has 2 amide bonds. The first-order valence-electron chi connectivity index (χ1n) is 10.3. The van der Waals surface area contributed by atoms with E-state index in [1.165, 1.54) is 17.1 Å². The normalized spacial score (nSPS) is 16.9. The first kappa shape index (κ1) is 21.6. The molecular formula is C24H18F3N3O4. The Morgan fingerprint density at radius 3 is 2.47 bits per heavy atom. The van der Waals surface area contributed by atoms with Crippen LogP contribution < -0.4 is 19.5 Å². The number of carbonyl (C=O) groups excluding carboxylic acids is 1. The van der Waals surface area contributed by atoms with Crippen LogP contribution in [0.3, 0.4) is 0 Å². The van der Waals surface area contributed by atoms with Gasteiger partial charge in [-0.25, -0.2) is 9.80 Å². The number of fused-ring (bicyclic) bond motifs is 1. The van der Waals surface area contributed by atoms with Crippen molar-refractivity contribution in [2.24, 2.45) is 5.10 Å². The van der Waals surface area contributed by atoms with Crippen LogP contribution in [0.4, 0.5) is 23.7 Å². The molecule has 34 heavy (non-hydrogen) atoms. The highest BCUT2D eigenvalue weighted by molar-refractivity contribution is 6.07. The van der Waals surface area contributed by atoms with E-state index in [-0.39, 0.29) is 25.0 Å². The number of ether oxygens (including phenoxy) is 3. The lowest BCUT2D eigenvalue weighted by atomic mass is 9.90. The molecule has 0 aliphatic carbocycles. The molecule has 0 fully saturated rings. The van der Waals surface area contributed by atoms with E-state index in [1.807, 2.05) is 48.5 Å². The van der Waals surface area contributed by atoms with Crippen molar-refractivity contribution in [2.45, 2.75) is 12.3 Å². The summed E-state index contributed by atoms with van der Waals surface area (Å²) in [7, 11) is 0. The van der Waals surface area contributed by atoms with Crippen molar-refractivity contribution < 1.29 is 32.2 Å². The maximum Gasteiger partial charge on any atom is 0.573 e. The molecule has 5 rings (SSSR count). The Morgan fingerprint density at radius 1 is 1.00 bits per heavy atom. The molecule has 2 aliphatic heterocycles. The number of benzene rings is 3. The van der Waals surface area contributed by atoms with Crippen LogP contribution in [0.25, 0.3) is 0 Å². The minimum absolute atomic E-state index is 0.157. The van der Waals surface area contributed by atoms with E-state index in [1.54, 1.807) is 0 Å². The zero-order chi connectivity index (χ0) is 23.7. The fourth-order valence-electron chi connectivity index (χ4n) is 3.82. The lowest BCUT2D eigenvalue weighted by Crippen LogP contribution is -2.30. The van der Waals surface area contributed by atoms with Gasteiger partial charge in [0.2, 0.25) is 6.79 Å². The van der Waals surface area contributed by atoms with Gasteiger partial charge in [0.1, 0.15) is 5.75 Å². The first-order valence-corrected chi connectivity index (χ1v) is 10.3. The Morgan fingerprint density at radius 2 is 1.74 bits per heavy atom. The van der Waals surface area contributed by atoms with Crippen LogP contribution in [0.1, 0.15) is 17.0 Å². The highest BCUT2D eigenvalue weighted by Crippen LogP contribution is 2.37. The molecule has 2 heterocycles. The first-order chi connectivity index (χ1) is 16.4. The number of alkyl halides is 3. The van der Waals surface area contributed by atoms with Gasteiger partial charge >= 0.3 is 12.4 Å². The van der Waals surface area contributed by atoms with Gasteiger partial charge in [-0.15, -0.1) is 13.2 Å². The summed E-state index contributed by atoms with van der Waals surface area (Å²) in [5.74, 6) is 0.700. The third kappa shape index (κ3) is 4.61. The third-order valence-electron chi connectivity index (χ3n) is 5.36. The molecule has 7 nitrogen and oxygen atoms in total. The molecule has 0 saturated carbocycles. The topological polar surface area (TPSA) is 72.4 Å². The van der Waals surface area contributed by atoms with Crippen molar-refractivity contribution in [3.63, 3.8) is 0 Å². The molecule has 174 valence electrons. The van der Waals surface area contributed by atoms with Crippen LogP contribution >= 0.6 is 0 Å². The summed E-state index contributed by atoms with van der Waals surface area (Å²) in [5, 5.41) is 8.53. The number of urea groups is 1. The van der Waals surface area contributed by atoms with Gasteiger partial charge in [-0.2, -0.15) is 5.10 Å². The Labute approximate surface area is 192 Å². The van der Waals surface area contributed by atoms with Crippen LogP contribution in [0.2, 0.25) is 0 Å². The molecule has 10 heteroatoms. The largest absolute Gasteiger partial charge is 0.573 e. The van der Waals surface area contributed by atoms with E-state index in [4.69, 9.17) is 9.47 Å². The predicted molar refractivity (Wildman–Crippen MR) is 117 cm³/mol. The molecule has 0 aromatic heterocycles. The van der Waals surface area contributed by atoms with Gasteiger partial charge in [0.05, 0.1) is 12.3 Å². The summed E-state index contributed by atoms with van der Waals surface area (Å²) < 4.78 is 51.8. The summed E-state index contributed by atoms with van der Waals surface area (Å²) in [4.78, 5) is 12.9. The molecule has 1 N–H and O–H groups in total. The number of halogens is 3. The molecule has 3 aromatic rings. The number of anilines is 1. The lowest BCUT2D eigenvalue weighted by molar-refractivity contribution is -0.274. The molecule has 3 aromatic carbocycles. The fraction of sp³-hybridized carbons (Fsp3) is 0.167. The maximum atomic E-state index is 12.9. The van der Waals surface area contributed by atoms with Crippen molar-refractivity contribution in [1.29, 1.82) is 0 Å². The Balaban J connectivity index is 1.36. The summed E-state index contributed by atoms with van der Waals surface area (Å²) in [5.41, 5.74) is 2.80. The molecule has 1 unspecified atom stereocenters. The van der Waals surface area contributed by atoms with E-state index >= 15 is 0 Å². The Hall–Kier alpha value is -4.21. The summed E-state index contributed by atoms with van der Waals surface area (Å²) in [6.07, 6.45) is -4.79. The van der Waals surface area contributed by atoms with E-state index in [2.05, 4.69) is 15.2 Å². The number of nitrogens with one attached hydrogen (secondary N) is 1. The number of amides is 2. The van der Waals surface area contributed by atoms with Crippen molar-refractivity contribution >= 4 is 17.4 Å². The predicted octanol–water partition coefficient (Wildman–Crippen LogP) is 5.35. The highest BCUT2D eigenvalue weighted by atomic mass is 19.4. The number of hydrogen-bond acceptors (Lipinski definition) is 5. The summed E-state index contributed by atoms with van der Waals surface area (Å²) in [6, 6.07) is 19.5. The smallest absolute Gasteiger partial charge is 0.454 e. The fourth-order valence-corrected chi connectivity index (χ4v) is 3.82. The monoisotopic (exact) mass is 469 g/mol. The van der Waals surface area contributed by atoms with Crippen LogP contribution in [-0.4, -0.2) is 36.5 Å². The van der Waals surface area contributed by atoms with Gasteiger partial charge in [0.25, 0.3) is 0 Å². The zero-order valence-electron chi connectivity index (χ0n) is 17.6. The van der Waals surface area contributed by atoms with Crippen LogP contribution in [-0.2, 0) is 0 Å². The zero-order valence-corrected chi connectivity index (χ0v) is 17.6. The number of hydrogen-bond donors (Lipinski definition) is 1. The van der Waals surface area contributed by atoms with Crippen molar-refractivity contribution in [3.8, 4) is 17.2 Å². The molecule has 0 spiro atoms. The summed E-state index contributed by atoms with van der Waals surface area (Å²) in [6.45, 7) is 0.426. The average molecular weight is 469 g/mol. The molecule has 0 saturated heterocycles. The van der Waals surface area contributed by atoms with Gasteiger partial charge in [-0.05, 0) is 47.5 Å². The van der Waals surface area contributed by atoms with Crippen molar-refractivity contribution in [2.75, 3.05) is 18.7 Å². The standard InChI is InChI=1S/C24H18F3N3O4/c25-24(26,27)34-18-9-7-17(8-10-18)28-23(31)30-13-19(22(29-30)15-4-2-1-3-5-15)16-6-11-20-21(12-16)33-14-32-20/h1-12,19H,13-14H2,(H,28,31).